The lowest BCUT2D eigenvalue weighted by Gasteiger charge is -2.18. The van der Waals surface area contributed by atoms with Crippen LogP contribution in [-0.4, -0.2) is 72.8 Å². The molecule has 2 aliphatic rings. The van der Waals surface area contributed by atoms with E-state index in [1.807, 2.05) is 91.9 Å². The maximum absolute atomic E-state index is 12.3. The Kier molecular flexibility index (Phi) is 42.4. The maximum Gasteiger partial charge on any atom is 0.237 e. The van der Waals surface area contributed by atoms with E-state index in [0.717, 1.165) is 30.1 Å². The lowest BCUT2D eigenvalue weighted by molar-refractivity contribution is -0.124. The molecule has 0 bridgehead atoms. The molecule has 2 fully saturated rings. The number of hydrogen-bond acceptors (Lipinski definition) is 12. The summed E-state index contributed by atoms with van der Waals surface area (Å²) < 4.78 is 33.8. The largest absolute Gasteiger partial charge is 0.508 e. The van der Waals surface area contributed by atoms with Crippen molar-refractivity contribution in [1.29, 1.82) is 0 Å². The van der Waals surface area contributed by atoms with Crippen molar-refractivity contribution in [2.75, 3.05) is 36.2 Å². The van der Waals surface area contributed by atoms with Crippen molar-refractivity contribution in [2.45, 2.75) is 166 Å². The van der Waals surface area contributed by atoms with Crippen LogP contribution in [0.15, 0.2) is 158 Å². The molecule has 14 heteroatoms. The zero-order valence-electron chi connectivity index (χ0n) is 46.7. The molecule has 8 rings (SSSR count). The third-order valence-electron chi connectivity index (χ3n) is 13.8. The molecule has 0 radical (unpaired) electrons. The number of amides is 4. The number of benzene rings is 6. The Labute approximate surface area is 519 Å². The van der Waals surface area contributed by atoms with Crippen LogP contribution in [0, 0.1) is 23.7 Å². The fourth-order valence-corrected chi connectivity index (χ4v) is 8.05. The van der Waals surface area contributed by atoms with Gasteiger partial charge in [0.25, 0.3) is 0 Å². The monoisotopic (exact) mass is 1190 g/mol. The van der Waals surface area contributed by atoms with Crippen LogP contribution in [0.3, 0.4) is 0 Å². The lowest BCUT2D eigenvalue weighted by atomic mass is 9.99. The van der Waals surface area contributed by atoms with Gasteiger partial charge >= 0.3 is 0 Å². The number of phenolic OH excluding ortho intramolecular Hbond substituents is 2. The van der Waals surface area contributed by atoms with E-state index in [-0.39, 0.29) is 119 Å². The lowest BCUT2D eigenvalue weighted by Crippen LogP contribution is -2.30. The molecular weight excluding hydrogens is 1080 g/mol. The Balaban J connectivity index is -0.000000528. The minimum Gasteiger partial charge on any atom is -0.508 e. The molecule has 2 aliphatic heterocycles. The predicted molar refractivity (Wildman–Crippen MR) is 358 cm³/mol. The van der Waals surface area contributed by atoms with E-state index in [0.29, 0.717) is 61.1 Å². The Morgan fingerprint density at radius 3 is 0.942 bits per heavy atom. The quantitative estimate of drug-likeness (QED) is 0.0422. The number of phenols is 2. The first-order valence-electron chi connectivity index (χ1n) is 26.9. The summed E-state index contributed by atoms with van der Waals surface area (Å²) in [5.74, 6) is 2.87. The summed E-state index contributed by atoms with van der Waals surface area (Å²) in [5, 5.41) is 18.2. The normalized spacial score (nSPS) is 16.5. The van der Waals surface area contributed by atoms with Crippen molar-refractivity contribution in [3.05, 3.63) is 169 Å². The molecule has 8 unspecified atom stereocenters. The van der Waals surface area contributed by atoms with Crippen LogP contribution in [0.4, 0.5) is 11.4 Å². The Morgan fingerprint density at radius 1 is 0.372 bits per heavy atom. The SMILES string of the molecule is C.C.C.C.C.C.C.C.CC(OCCOc1ccccc1)Oc1ccc(N2C(=O)C(C)C(C)C2=O)cc1.CC1C(=O)N(c2ccc(O)cc2)C(=O)C1C.CCC(C)c1ccc(O)cc1.CCC(C)c1ccc(OC(C)OCCOc2ccccc2)cc1. The molecule has 0 saturated carbocycles. The van der Waals surface area contributed by atoms with Gasteiger partial charge in [0, 0.05) is 23.7 Å². The number of para-hydroxylation sites is 2. The van der Waals surface area contributed by atoms with Crippen LogP contribution in [0.1, 0.15) is 164 Å². The standard InChI is InChI=1S/C22H25NO5.C20H26O3.C12H13NO3.C10H14O.8CH4/c1-15-16(2)22(25)23(21(15)24)18-9-11-20(12-10-18)28-17(3)26-13-14-27-19-7-5-4-6-8-19;1-4-16(2)18-10-12-20(13-11-18)23-17(3)21-14-15-22-19-8-6-5-7-9-19;1-7-8(2)12(16)13(11(7)15)9-3-5-10(14)6-4-9;1-3-8(2)9-4-6-10(11)7-5-9;;;;;;;;/h4-12,15-17H,13-14H2,1-3H3;5-13,16-17H,4,14-15H2,1-3H3;3-8,14H,1-2H3;4-8,11H,3H2,1-2H3;8*1H4. The summed E-state index contributed by atoms with van der Waals surface area (Å²) in [6.45, 7) is 21.3. The first-order valence-corrected chi connectivity index (χ1v) is 26.9. The summed E-state index contributed by atoms with van der Waals surface area (Å²) in [4.78, 5) is 50.7. The van der Waals surface area contributed by atoms with Gasteiger partial charge in [0.2, 0.25) is 23.6 Å². The van der Waals surface area contributed by atoms with Gasteiger partial charge in [-0.15, -0.1) is 0 Å². The van der Waals surface area contributed by atoms with Gasteiger partial charge in [-0.1, -0.05) is 175 Å². The molecule has 2 N–H and O–H groups in total. The molecule has 6 aromatic rings. The Bertz CT molecular complexity index is 2700. The molecule has 0 aliphatic carbocycles. The number of nitrogens with zero attached hydrogens (tertiary/aromatic N) is 2. The molecule has 0 aromatic heterocycles. The van der Waals surface area contributed by atoms with Gasteiger partial charge in [0.15, 0.2) is 12.6 Å². The van der Waals surface area contributed by atoms with Crippen LogP contribution < -0.4 is 28.7 Å². The molecule has 2 saturated heterocycles. The third kappa shape index (κ3) is 25.5. The van der Waals surface area contributed by atoms with Gasteiger partial charge in [0.1, 0.15) is 47.7 Å². The first-order chi connectivity index (χ1) is 37.4. The van der Waals surface area contributed by atoms with Gasteiger partial charge in [-0.05, 0) is 147 Å². The van der Waals surface area contributed by atoms with Crippen LogP contribution in [0.2, 0.25) is 0 Å². The third-order valence-corrected chi connectivity index (χ3v) is 13.8. The minimum absolute atomic E-state index is 0. The minimum atomic E-state index is -0.458. The van der Waals surface area contributed by atoms with E-state index >= 15 is 0 Å². The summed E-state index contributed by atoms with van der Waals surface area (Å²) in [7, 11) is 0. The second-order valence-electron chi connectivity index (χ2n) is 19.4. The van der Waals surface area contributed by atoms with Gasteiger partial charge in [-0.2, -0.15) is 0 Å². The predicted octanol–water partition coefficient (Wildman–Crippen LogP) is 18.2. The summed E-state index contributed by atoms with van der Waals surface area (Å²) in [5.41, 5.74) is 3.71. The molecule has 8 atom stereocenters. The topological polar surface area (TPSA) is 171 Å². The maximum atomic E-state index is 12.3. The Hall–Kier alpha value is -7.68. The highest BCUT2D eigenvalue weighted by molar-refractivity contribution is 6.22. The second kappa shape index (κ2) is 43.0. The number of anilines is 2. The Morgan fingerprint density at radius 2 is 0.640 bits per heavy atom. The van der Waals surface area contributed by atoms with E-state index in [9.17, 15) is 19.2 Å². The van der Waals surface area contributed by atoms with Gasteiger partial charge in [-0.3, -0.25) is 29.0 Å². The number of aromatic hydroxyl groups is 2. The zero-order valence-corrected chi connectivity index (χ0v) is 46.7. The molecule has 86 heavy (non-hydrogen) atoms. The molecule has 4 amide bonds. The highest BCUT2D eigenvalue weighted by Gasteiger charge is 2.44. The number of imide groups is 2. The molecule has 0 spiro atoms. The first kappa shape index (κ1) is 84.8. The van der Waals surface area contributed by atoms with E-state index in [1.54, 1.807) is 83.1 Å². The number of hydrogen-bond donors (Lipinski definition) is 2. The number of ether oxygens (including phenoxy) is 6. The van der Waals surface area contributed by atoms with Crippen molar-refractivity contribution < 1.29 is 57.8 Å². The van der Waals surface area contributed by atoms with Crippen LogP contribution in [-0.2, 0) is 28.7 Å². The van der Waals surface area contributed by atoms with E-state index in [4.69, 9.17) is 38.6 Å². The van der Waals surface area contributed by atoms with Gasteiger partial charge in [0.05, 0.1) is 24.6 Å². The van der Waals surface area contributed by atoms with Crippen molar-refractivity contribution in [3.8, 4) is 34.5 Å². The van der Waals surface area contributed by atoms with E-state index in [1.165, 1.54) is 33.1 Å². The smallest absolute Gasteiger partial charge is 0.237 e. The van der Waals surface area contributed by atoms with Crippen molar-refractivity contribution >= 4 is 35.0 Å². The highest BCUT2D eigenvalue weighted by Crippen LogP contribution is 2.33. The van der Waals surface area contributed by atoms with Crippen molar-refractivity contribution in [1.82, 2.24) is 0 Å². The van der Waals surface area contributed by atoms with Crippen molar-refractivity contribution in [2.24, 2.45) is 23.7 Å². The van der Waals surface area contributed by atoms with Crippen LogP contribution >= 0.6 is 0 Å². The average Bonchev–Trinajstić information content (AvgIpc) is 3.93. The second-order valence-corrected chi connectivity index (χ2v) is 19.4. The van der Waals surface area contributed by atoms with E-state index in [2.05, 4.69) is 39.8 Å². The summed E-state index contributed by atoms with van der Waals surface area (Å²) in [6.07, 6.45) is 1.52. The fraction of sp³-hybridized carbons (Fsp3) is 0.444. The van der Waals surface area contributed by atoms with Crippen LogP contribution in [0.5, 0.6) is 34.5 Å². The molecular formula is C72H110N2O12. The number of carbonyl (C=O) groups is 4. The molecule has 480 valence electrons. The summed E-state index contributed by atoms with van der Waals surface area (Å²) >= 11 is 0. The van der Waals surface area contributed by atoms with Gasteiger partial charge in [-0.25, -0.2) is 0 Å². The number of carbonyl (C=O) groups excluding carboxylic acids is 4. The number of rotatable bonds is 20. The van der Waals surface area contributed by atoms with E-state index < -0.39 is 6.29 Å². The fourth-order valence-electron chi connectivity index (χ4n) is 8.05. The van der Waals surface area contributed by atoms with Crippen LogP contribution in [0.25, 0.3) is 0 Å². The molecule has 14 nitrogen and oxygen atoms in total. The average molecular weight is 1200 g/mol. The highest BCUT2D eigenvalue weighted by atomic mass is 16.7. The summed E-state index contributed by atoms with van der Waals surface area (Å²) in [6, 6.07) is 47.8. The molecule has 6 aromatic carbocycles. The molecule has 2 heterocycles. The van der Waals surface area contributed by atoms with Crippen molar-refractivity contribution in [3.63, 3.8) is 0 Å². The zero-order chi connectivity index (χ0) is 56.7. The van der Waals surface area contributed by atoms with Gasteiger partial charge < -0.3 is 38.6 Å².